The van der Waals surface area contributed by atoms with Crippen LogP contribution in [0.3, 0.4) is 0 Å². The molecule has 0 aliphatic rings. The van der Waals surface area contributed by atoms with Crippen molar-refractivity contribution < 1.29 is 13.7 Å². The number of ether oxygens (including phenoxy) is 1. The van der Waals surface area contributed by atoms with Crippen molar-refractivity contribution in [3.05, 3.63) is 80.8 Å². The van der Waals surface area contributed by atoms with E-state index in [0.29, 0.717) is 11.6 Å². The van der Waals surface area contributed by atoms with Gasteiger partial charge < -0.3 is 4.74 Å². The first-order valence-corrected chi connectivity index (χ1v) is 7.57. The Bertz CT molecular complexity index is 900. The van der Waals surface area contributed by atoms with Crippen molar-refractivity contribution in [2.75, 3.05) is 7.11 Å². The van der Waals surface area contributed by atoms with Crippen molar-refractivity contribution in [1.29, 1.82) is 0 Å². The van der Waals surface area contributed by atoms with Gasteiger partial charge in [0.15, 0.2) is 5.82 Å². The largest absolute Gasteiger partial charge is 0.497 e. The van der Waals surface area contributed by atoms with Crippen LogP contribution < -0.4 is 10.5 Å². The fourth-order valence-electron chi connectivity index (χ4n) is 2.39. The van der Waals surface area contributed by atoms with Crippen molar-refractivity contribution in [3.8, 4) is 5.75 Å². The molecular formula is C17H14ClFN2O3. The zero-order valence-electron chi connectivity index (χ0n) is 12.8. The minimum absolute atomic E-state index is 0.0568. The first-order chi connectivity index (χ1) is 11.6. The summed E-state index contributed by atoms with van der Waals surface area (Å²) in [4.78, 5) is 11.9. The maximum atomic E-state index is 14.0. The molecule has 0 saturated heterocycles. The summed E-state index contributed by atoms with van der Waals surface area (Å²) in [6.45, 7) is 0.237. The van der Waals surface area contributed by atoms with Gasteiger partial charge in [-0.1, -0.05) is 35.0 Å². The number of nitrogens with zero attached hydrogens (tertiary/aromatic N) is 2. The number of hydrogen-bond donors (Lipinski definition) is 0. The number of halogens is 2. The van der Waals surface area contributed by atoms with E-state index in [-0.39, 0.29) is 23.6 Å². The van der Waals surface area contributed by atoms with Crippen molar-refractivity contribution in [3.63, 3.8) is 0 Å². The van der Waals surface area contributed by atoms with Crippen molar-refractivity contribution in [1.82, 2.24) is 9.72 Å². The molecule has 0 fully saturated rings. The average Bonchev–Trinajstić information content (AvgIpc) is 2.91. The zero-order chi connectivity index (χ0) is 17.1. The highest BCUT2D eigenvalue weighted by Gasteiger charge is 2.16. The minimum atomic E-state index is -0.611. The molecule has 2 aromatic carbocycles. The van der Waals surface area contributed by atoms with Gasteiger partial charge in [0, 0.05) is 17.0 Å². The molecule has 0 bridgehead atoms. The van der Waals surface area contributed by atoms with E-state index in [9.17, 15) is 9.18 Å². The quantitative estimate of drug-likeness (QED) is 0.710. The lowest BCUT2D eigenvalue weighted by Gasteiger charge is -2.08. The van der Waals surface area contributed by atoms with Crippen LogP contribution in [0, 0.1) is 5.82 Å². The normalized spacial score (nSPS) is 10.8. The van der Waals surface area contributed by atoms with Crippen LogP contribution in [0.2, 0.25) is 5.02 Å². The third-order valence-electron chi connectivity index (χ3n) is 3.63. The molecule has 0 N–H and O–H groups in total. The Morgan fingerprint density at radius 3 is 2.83 bits per heavy atom. The van der Waals surface area contributed by atoms with Crippen LogP contribution in [-0.4, -0.2) is 16.8 Å². The molecule has 0 aliphatic heterocycles. The fourth-order valence-corrected chi connectivity index (χ4v) is 2.62. The Labute approximate surface area is 142 Å². The Hall–Kier alpha value is -2.60. The molecule has 0 saturated carbocycles. The van der Waals surface area contributed by atoms with E-state index in [4.69, 9.17) is 20.9 Å². The molecule has 0 atom stereocenters. The molecule has 0 spiro atoms. The van der Waals surface area contributed by atoms with Crippen LogP contribution in [0.5, 0.6) is 5.75 Å². The van der Waals surface area contributed by atoms with Gasteiger partial charge in [-0.05, 0) is 29.8 Å². The average molecular weight is 349 g/mol. The standard InChI is InChI=1S/C17H14ClFN2O3/c1-23-12-5-2-4-11(8-12)10-21-16(20-24-17(21)22)9-13-14(18)6-3-7-15(13)19/h2-8H,9-10H2,1H3. The lowest BCUT2D eigenvalue weighted by Crippen LogP contribution is -2.18. The van der Waals surface area contributed by atoms with Gasteiger partial charge in [0.25, 0.3) is 0 Å². The molecule has 0 aliphatic carbocycles. The Balaban J connectivity index is 1.93. The topological polar surface area (TPSA) is 57.3 Å². The SMILES string of the molecule is COc1cccc(Cn2c(Cc3c(F)cccc3Cl)noc2=O)c1. The maximum absolute atomic E-state index is 14.0. The Kier molecular flexibility index (Phi) is 4.66. The molecule has 3 rings (SSSR count). The summed E-state index contributed by atoms with van der Waals surface area (Å²) in [5.74, 6) is -0.0864. The fraction of sp³-hybridized carbons (Fsp3) is 0.176. The molecule has 0 unspecified atom stereocenters. The van der Waals surface area contributed by atoms with Gasteiger partial charge in [0.1, 0.15) is 11.6 Å². The summed E-state index contributed by atoms with van der Waals surface area (Å²) in [5, 5.41) is 4.03. The second-order valence-electron chi connectivity index (χ2n) is 5.18. The van der Waals surface area contributed by atoms with E-state index in [2.05, 4.69) is 5.16 Å². The van der Waals surface area contributed by atoms with Gasteiger partial charge in [-0.15, -0.1) is 0 Å². The molecule has 0 amide bonds. The Morgan fingerprint density at radius 1 is 1.29 bits per heavy atom. The van der Waals surface area contributed by atoms with Crippen molar-refractivity contribution in [2.45, 2.75) is 13.0 Å². The smallest absolute Gasteiger partial charge is 0.441 e. The molecule has 7 heteroatoms. The first kappa shape index (κ1) is 16.3. The third kappa shape index (κ3) is 3.33. The van der Waals surface area contributed by atoms with Crippen LogP contribution in [0.15, 0.2) is 51.8 Å². The maximum Gasteiger partial charge on any atom is 0.441 e. The highest BCUT2D eigenvalue weighted by Crippen LogP contribution is 2.22. The van der Waals surface area contributed by atoms with E-state index in [0.717, 1.165) is 5.56 Å². The van der Waals surface area contributed by atoms with Gasteiger partial charge in [-0.25, -0.2) is 9.18 Å². The molecule has 3 aromatic rings. The first-order valence-electron chi connectivity index (χ1n) is 7.19. The lowest BCUT2D eigenvalue weighted by atomic mass is 10.1. The third-order valence-corrected chi connectivity index (χ3v) is 3.99. The van der Waals surface area contributed by atoms with Crippen LogP contribution in [0.25, 0.3) is 0 Å². The summed E-state index contributed by atoms with van der Waals surface area (Å²) < 4.78 is 25.2. The molecule has 0 radical (unpaired) electrons. The van der Waals surface area contributed by atoms with E-state index >= 15 is 0 Å². The summed E-state index contributed by atoms with van der Waals surface area (Å²) in [6, 6.07) is 11.7. The predicted octanol–water partition coefficient (Wildman–Crippen LogP) is 3.28. The lowest BCUT2D eigenvalue weighted by molar-refractivity contribution is 0.375. The van der Waals surface area contributed by atoms with Crippen LogP contribution >= 0.6 is 11.6 Å². The molecule has 5 nitrogen and oxygen atoms in total. The van der Waals surface area contributed by atoms with Gasteiger partial charge >= 0.3 is 5.76 Å². The van der Waals surface area contributed by atoms with E-state index in [1.807, 2.05) is 12.1 Å². The van der Waals surface area contributed by atoms with Crippen molar-refractivity contribution in [2.24, 2.45) is 0 Å². The van der Waals surface area contributed by atoms with Gasteiger partial charge in [0.05, 0.1) is 13.7 Å². The monoisotopic (exact) mass is 348 g/mol. The second kappa shape index (κ2) is 6.88. The van der Waals surface area contributed by atoms with Gasteiger partial charge in [0.2, 0.25) is 0 Å². The molecule has 1 aromatic heterocycles. The molecular weight excluding hydrogens is 335 g/mol. The van der Waals surface area contributed by atoms with E-state index < -0.39 is 11.6 Å². The van der Waals surface area contributed by atoms with Gasteiger partial charge in [-0.2, -0.15) is 0 Å². The summed E-state index contributed by atoms with van der Waals surface area (Å²) >= 11 is 6.04. The van der Waals surface area contributed by atoms with Gasteiger partial charge in [-0.3, -0.25) is 9.09 Å². The van der Waals surface area contributed by atoms with E-state index in [1.165, 1.54) is 16.7 Å². The highest BCUT2D eigenvalue weighted by molar-refractivity contribution is 6.31. The number of aromatic nitrogens is 2. The zero-order valence-corrected chi connectivity index (χ0v) is 13.6. The molecule has 24 heavy (non-hydrogen) atoms. The van der Waals surface area contributed by atoms with E-state index in [1.54, 1.807) is 25.3 Å². The van der Waals surface area contributed by atoms with Crippen LogP contribution in [-0.2, 0) is 13.0 Å². The minimum Gasteiger partial charge on any atom is -0.497 e. The summed E-state index contributed by atoms with van der Waals surface area (Å²) in [7, 11) is 1.57. The summed E-state index contributed by atoms with van der Waals surface area (Å²) in [5.41, 5.74) is 1.10. The van der Waals surface area contributed by atoms with Crippen molar-refractivity contribution >= 4 is 11.6 Å². The predicted molar refractivity (Wildman–Crippen MR) is 87.1 cm³/mol. The Morgan fingerprint density at radius 2 is 2.08 bits per heavy atom. The number of hydrogen-bond acceptors (Lipinski definition) is 4. The van der Waals surface area contributed by atoms with Crippen LogP contribution in [0.1, 0.15) is 17.0 Å². The number of benzene rings is 2. The van der Waals surface area contributed by atoms with Crippen LogP contribution in [0.4, 0.5) is 4.39 Å². The summed E-state index contributed by atoms with van der Waals surface area (Å²) in [6.07, 6.45) is 0.0568. The highest BCUT2D eigenvalue weighted by atomic mass is 35.5. The molecule has 1 heterocycles. The number of methoxy groups -OCH3 is 1. The second-order valence-corrected chi connectivity index (χ2v) is 5.59. The number of rotatable bonds is 5. The molecule has 124 valence electrons.